The van der Waals surface area contributed by atoms with Crippen molar-refractivity contribution in [3.63, 3.8) is 0 Å². The van der Waals surface area contributed by atoms with E-state index in [0.29, 0.717) is 47.8 Å². The van der Waals surface area contributed by atoms with Crippen molar-refractivity contribution in [2.24, 2.45) is 0 Å². The first kappa shape index (κ1) is 22.5. The van der Waals surface area contributed by atoms with Crippen LogP contribution in [0.1, 0.15) is 53.5 Å². The van der Waals surface area contributed by atoms with E-state index < -0.39 is 11.6 Å². The zero-order valence-electron chi connectivity index (χ0n) is 20.0. The first-order chi connectivity index (χ1) is 17.4. The SMILES string of the molecule is Cc1nc2nc(C3CCOC(c4ccc5nnc(C)n5c4)C3)nc(-c3ccc(F)cc3F)c2nc1C. The van der Waals surface area contributed by atoms with Gasteiger partial charge in [0.05, 0.1) is 17.5 Å². The second kappa shape index (κ2) is 8.63. The molecule has 8 nitrogen and oxygen atoms in total. The Morgan fingerprint density at radius 2 is 1.78 bits per heavy atom. The molecule has 0 bridgehead atoms. The number of halogens is 2. The van der Waals surface area contributed by atoms with Gasteiger partial charge in [0.1, 0.15) is 34.5 Å². The summed E-state index contributed by atoms with van der Waals surface area (Å²) in [5.41, 5.74) is 4.49. The molecule has 10 heteroatoms. The third-order valence-corrected chi connectivity index (χ3v) is 6.76. The predicted molar refractivity (Wildman–Crippen MR) is 128 cm³/mol. The molecule has 2 unspecified atom stereocenters. The molecule has 5 heterocycles. The lowest BCUT2D eigenvalue weighted by Gasteiger charge is -2.29. The highest BCUT2D eigenvalue weighted by molar-refractivity contribution is 5.87. The Bertz CT molecular complexity index is 1630. The molecule has 36 heavy (non-hydrogen) atoms. The van der Waals surface area contributed by atoms with Crippen molar-refractivity contribution in [3.05, 3.63) is 76.8 Å². The Hall–Kier alpha value is -3.92. The molecule has 1 aliphatic heterocycles. The number of fused-ring (bicyclic) bond motifs is 2. The van der Waals surface area contributed by atoms with Crippen LogP contribution in [0.15, 0.2) is 36.5 Å². The summed E-state index contributed by atoms with van der Waals surface area (Å²) in [6.45, 7) is 6.11. The zero-order valence-corrected chi connectivity index (χ0v) is 20.0. The van der Waals surface area contributed by atoms with Crippen LogP contribution in [0.2, 0.25) is 0 Å². The number of aromatic nitrogens is 7. The topological polar surface area (TPSA) is 91.0 Å². The van der Waals surface area contributed by atoms with Crippen LogP contribution in [0.3, 0.4) is 0 Å². The van der Waals surface area contributed by atoms with Gasteiger partial charge in [0.15, 0.2) is 11.3 Å². The monoisotopic (exact) mass is 487 g/mol. The van der Waals surface area contributed by atoms with Gasteiger partial charge in [0.2, 0.25) is 0 Å². The number of hydrogen-bond acceptors (Lipinski definition) is 7. The van der Waals surface area contributed by atoms with Crippen molar-refractivity contribution in [2.45, 2.75) is 45.6 Å². The Morgan fingerprint density at radius 1 is 0.944 bits per heavy atom. The minimum atomic E-state index is -0.705. The standard InChI is InChI=1S/C26H23F2N7O/c1-13-14(2)30-26-24(29-13)23(19-6-5-18(27)11-20(19)28)31-25(32-26)16-8-9-36-21(10-16)17-4-7-22-34-33-15(3)35(22)12-17/h4-7,11-12,16,21H,8-10H2,1-3H3. The van der Waals surface area contributed by atoms with Crippen LogP contribution in [0.4, 0.5) is 8.78 Å². The minimum Gasteiger partial charge on any atom is -0.373 e. The molecule has 4 aromatic heterocycles. The van der Waals surface area contributed by atoms with E-state index in [0.717, 1.165) is 28.8 Å². The maximum Gasteiger partial charge on any atom is 0.182 e. The highest BCUT2D eigenvalue weighted by atomic mass is 19.1. The van der Waals surface area contributed by atoms with Crippen molar-refractivity contribution >= 4 is 16.8 Å². The van der Waals surface area contributed by atoms with E-state index in [4.69, 9.17) is 14.7 Å². The van der Waals surface area contributed by atoms with Gasteiger partial charge >= 0.3 is 0 Å². The van der Waals surface area contributed by atoms with Gasteiger partial charge in [-0.1, -0.05) is 6.07 Å². The van der Waals surface area contributed by atoms with Crippen LogP contribution in [0.25, 0.3) is 28.1 Å². The molecule has 182 valence electrons. The van der Waals surface area contributed by atoms with Crippen molar-refractivity contribution in [1.82, 2.24) is 34.5 Å². The van der Waals surface area contributed by atoms with Gasteiger partial charge in [-0.25, -0.2) is 28.7 Å². The fraction of sp³-hybridized carbons (Fsp3) is 0.308. The Kier molecular flexibility index (Phi) is 5.40. The van der Waals surface area contributed by atoms with Crippen molar-refractivity contribution < 1.29 is 13.5 Å². The van der Waals surface area contributed by atoms with E-state index in [1.807, 2.05) is 43.5 Å². The maximum atomic E-state index is 14.9. The summed E-state index contributed by atoms with van der Waals surface area (Å²) >= 11 is 0. The molecule has 2 atom stereocenters. The predicted octanol–water partition coefficient (Wildman–Crippen LogP) is 4.97. The molecule has 1 saturated heterocycles. The van der Waals surface area contributed by atoms with Gasteiger partial charge in [0, 0.05) is 30.4 Å². The van der Waals surface area contributed by atoms with Gasteiger partial charge in [-0.3, -0.25) is 4.40 Å². The van der Waals surface area contributed by atoms with Gasteiger partial charge < -0.3 is 4.74 Å². The summed E-state index contributed by atoms with van der Waals surface area (Å²) in [6.07, 6.45) is 3.17. The fourth-order valence-electron chi connectivity index (χ4n) is 4.66. The number of rotatable bonds is 3. The third kappa shape index (κ3) is 3.87. The normalized spacial score (nSPS) is 18.2. The second-order valence-electron chi connectivity index (χ2n) is 9.14. The zero-order chi connectivity index (χ0) is 25.0. The molecule has 5 aromatic rings. The van der Waals surface area contributed by atoms with Gasteiger partial charge in [-0.15, -0.1) is 10.2 Å². The van der Waals surface area contributed by atoms with Crippen LogP contribution in [-0.2, 0) is 4.74 Å². The van der Waals surface area contributed by atoms with Crippen LogP contribution < -0.4 is 0 Å². The van der Waals surface area contributed by atoms with Gasteiger partial charge in [0.25, 0.3) is 0 Å². The summed E-state index contributed by atoms with van der Waals surface area (Å²) in [7, 11) is 0. The number of pyridine rings is 1. The number of benzene rings is 1. The molecule has 0 aliphatic carbocycles. The molecule has 0 amide bonds. The molecule has 0 radical (unpaired) electrons. The van der Waals surface area contributed by atoms with Crippen molar-refractivity contribution in [3.8, 4) is 11.3 Å². The maximum absolute atomic E-state index is 14.9. The molecule has 0 spiro atoms. The van der Waals surface area contributed by atoms with E-state index in [1.54, 1.807) is 0 Å². The minimum absolute atomic E-state index is 0.0449. The first-order valence-corrected chi connectivity index (χ1v) is 11.8. The molecule has 0 N–H and O–H groups in total. The average molecular weight is 488 g/mol. The number of nitrogens with zero attached hydrogens (tertiary/aromatic N) is 7. The van der Waals surface area contributed by atoms with E-state index in [-0.39, 0.29) is 17.6 Å². The molecule has 1 aliphatic rings. The van der Waals surface area contributed by atoms with E-state index in [2.05, 4.69) is 20.2 Å². The summed E-state index contributed by atoms with van der Waals surface area (Å²) < 4.78 is 36.5. The Labute approximate surface area is 205 Å². The summed E-state index contributed by atoms with van der Waals surface area (Å²) in [6, 6.07) is 7.37. The van der Waals surface area contributed by atoms with Crippen LogP contribution in [-0.4, -0.2) is 41.1 Å². The lowest BCUT2D eigenvalue weighted by Crippen LogP contribution is -2.21. The summed E-state index contributed by atoms with van der Waals surface area (Å²) in [4.78, 5) is 18.8. The molecule has 0 saturated carbocycles. The first-order valence-electron chi connectivity index (χ1n) is 11.8. The smallest absolute Gasteiger partial charge is 0.182 e. The fourth-order valence-corrected chi connectivity index (χ4v) is 4.66. The number of hydrogen-bond donors (Lipinski definition) is 0. The number of aryl methyl sites for hydroxylation is 3. The van der Waals surface area contributed by atoms with E-state index in [1.165, 1.54) is 12.1 Å². The summed E-state index contributed by atoms with van der Waals surface area (Å²) in [5, 5.41) is 8.27. The van der Waals surface area contributed by atoms with E-state index in [9.17, 15) is 8.78 Å². The molecule has 1 aromatic carbocycles. The highest BCUT2D eigenvalue weighted by Gasteiger charge is 2.29. The second-order valence-corrected chi connectivity index (χ2v) is 9.14. The van der Waals surface area contributed by atoms with Crippen LogP contribution in [0, 0.1) is 32.4 Å². The molecule has 1 fully saturated rings. The van der Waals surface area contributed by atoms with Gasteiger partial charge in [-0.05, 0) is 57.4 Å². The van der Waals surface area contributed by atoms with Gasteiger partial charge in [-0.2, -0.15) is 0 Å². The van der Waals surface area contributed by atoms with Crippen LogP contribution >= 0.6 is 0 Å². The van der Waals surface area contributed by atoms with Crippen molar-refractivity contribution in [1.29, 1.82) is 0 Å². The Balaban J connectivity index is 1.43. The molecular formula is C26H23F2N7O. The lowest BCUT2D eigenvalue weighted by atomic mass is 9.91. The average Bonchev–Trinajstić information content (AvgIpc) is 3.24. The van der Waals surface area contributed by atoms with Crippen LogP contribution in [0.5, 0.6) is 0 Å². The summed E-state index contributed by atoms with van der Waals surface area (Å²) in [5.74, 6) is -0.0543. The lowest BCUT2D eigenvalue weighted by molar-refractivity contribution is 0.00378. The third-order valence-electron chi connectivity index (χ3n) is 6.76. The quantitative estimate of drug-likeness (QED) is 0.355. The van der Waals surface area contributed by atoms with E-state index >= 15 is 0 Å². The largest absolute Gasteiger partial charge is 0.373 e. The van der Waals surface area contributed by atoms with Crippen molar-refractivity contribution in [2.75, 3.05) is 6.61 Å². The number of ether oxygens (including phenoxy) is 1. The highest BCUT2D eigenvalue weighted by Crippen LogP contribution is 2.38. The molecule has 6 rings (SSSR count). The molecular weight excluding hydrogens is 464 g/mol. The Morgan fingerprint density at radius 3 is 2.61 bits per heavy atom.